The molecule has 1 aromatic rings. The third kappa shape index (κ3) is 2.02. The highest BCUT2D eigenvalue weighted by molar-refractivity contribution is 14.1. The van der Waals surface area contributed by atoms with Crippen molar-refractivity contribution >= 4 is 28.6 Å². The van der Waals surface area contributed by atoms with Gasteiger partial charge in [0.15, 0.2) is 0 Å². The zero-order valence-corrected chi connectivity index (χ0v) is 9.21. The van der Waals surface area contributed by atoms with Crippen LogP contribution in [0.2, 0.25) is 0 Å². The lowest BCUT2D eigenvalue weighted by Gasteiger charge is -2.04. The average molecular weight is 288 g/mol. The summed E-state index contributed by atoms with van der Waals surface area (Å²) >= 11 is 2.26. The topological polar surface area (TPSA) is 26.3 Å². The second-order valence-corrected chi connectivity index (χ2v) is 4.33. The highest BCUT2D eigenvalue weighted by Gasteiger charge is 2.14. The maximum atomic E-state index is 11.1. The summed E-state index contributed by atoms with van der Waals surface area (Å²) < 4.78 is 6.36. The minimum Gasteiger partial charge on any atom is -0.426 e. The van der Waals surface area contributed by atoms with Crippen LogP contribution < -0.4 is 4.74 Å². The van der Waals surface area contributed by atoms with Crippen molar-refractivity contribution < 1.29 is 9.53 Å². The van der Waals surface area contributed by atoms with Gasteiger partial charge in [0.05, 0.1) is 0 Å². The summed E-state index contributed by atoms with van der Waals surface area (Å²) in [6.07, 6.45) is 2.37. The number of fused-ring (bicyclic) bond motifs is 1. The minimum absolute atomic E-state index is 0.111. The molecule has 0 unspecified atom stereocenters. The van der Waals surface area contributed by atoms with Crippen LogP contribution in [0.5, 0.6) is 5.75 Å². The number of carbonyl (C=O) groups is 1. The third-order valence-corrected chi connectivity index (χ3v) is 2.74. The van der Waals surface area contributed by atoms with Crippen LogP contribution in [0.15, 0.2) is 18.2 Å². The van der Waals surface area contributed by atoms with Gasteiger partial charge in [0.25, 0.3) is 0 Å². The van der Waals surface area contributed by atoms with Crippen LogP contribution >= 0.6 is 22.6 Å². The second-order valence-electron chi connectivity index (χ2n) is 3.08. The lowest BCUT2D eigenvalue weighted by atomic mass is 10.1. The number of aryl methyl sites for hydroxylation is 1. The first-order valence-electron chi connectivity index (χ1n) is 4.25. The Balaban J connectivity index is 2.40. The molecule has 0 amide bonds. The zero-order valence-electron chi connectivity index (χ0n) is 7.05. The van der Waals surface area contributed by atoms with Crippen molar-refractivity contribution in [3.8, 4) is 5.75 Å². The van der Waals surface area contributed by atoms with E-state index in [4.69, 9.17) is 4.74 Å². The van der Waals surface area contributed by atoms with Gasteiger partial charge in [-0.05, 0) is 59.2 Å². The van der Waals surface area contributed by atoms with E-state index in [0.717, 1.165) is 24.2 Å². The maximum absolute atomic E-state index is 11.1. The molecular formula is C10H9IO2. The lowest BCUT2D eigenvalue weighted by molar-refractivity contribution is -0.134. The smallest absolute Gasteiger partial charge is 0.311 e. The van der Waals surface area contributed by atoms with Crippen LogP contribution in [0.3, 0.4) is 0 Å². The van der Waals surface area contributed by atoms with Crippen molar-refractivity contribution in [3.63, 3.8) is 0 Å². The van der Waals surface area contributed by atoms with E-state index in [1.54, 1.807) is 0 Å². The fourth-order valence-corrected chi connectivity index (χ4v) is 2.00. The normalized spacial score (nSPS) is 15.9. The van der Waals surface area contributed by atoms with Crippen LogP contribution in [0.1, 0.15) is 18.4 Å². The Morgan fingerprint density at radius 2 is 2.15 bits per heavy atom. The van der Waals surface area contributed by atoms with Crippen LogP contribution in [0, 0.1) is 3.57 Å². The molecule has 0 saturated carbocycles. The van der Waals surface area contributed by atoms with E-state index in [2.05, 4.69) is 28.7 Å². The fourth-order valence-electron chi connectivity index (χ4n) is 1.44. The van der Waals surface area contributed by atoms with Crippen molar-refractivity contribution in [2.45, 2.75) is 19.3 Å². The molecule has 1 aliphatic rings. The van der Waals surface area contributed by atoms with Crippen LogP contribution in [0.4, 0.5) is 0 Å². The molecule has 1 heterocycles. The molecule has 0 aromatic heterocycles. The predicted molar refractivity (Wildman–Crippen MR) is 57.7 cm³/mol. The standard InChI is InChI=1S/C10H9IO2/c11-8-4-5-9-7(6-8)2-1-3-10(12)13-9/h4-6H,1-3H2. The van der Waals surface area contributed by atoms with Crippen molar-refractivity contribution in [2.75, 3.05) is 0 Å². The summed E-state index contributed by atoms with van der Waals surface area (Å²) in [5, 5.41) is 0. The van der Waals surface area contributed by atoms with Crippen molar-refractivity contribution in [2.24, 2.45) is 0 Å². The molecule has 0 N–H and O–H groups in total. The van der Waals surface area contributed by atoms with Gasteiger partial charge in [-0.1, -0.05) is 0 Å². The number of halogens is 1. The van der Waals surface area contributed by atoms with Crippen LogP contribution in [-0.2, 0) is 11.2 Å². The second kappa shape index (κ2) is 3.65. The molecule has 1 aromatic carbocycles. The molecular weight excluding hydrogens is 279 g/mol. The van der Waals surface area contributed by atoms with E-state index in [1.165, 1.54) is 3.57 Å². The van der Waals surface area contributed by atoms with Gasteiger partial charge in [0, 0.05) is 9.99 Å². The number of benzene rings is 1. The van der Waals surface area contributed by atoms with Gasteiger partial charge in [0.1, 0.15) is 5.75 Å². The predicted octanol–water partition coefficient (Wildman–Crippen LogP) is 2.53. The van der Waals surface area contributed by atoms with Gasteiger partial charge in [-0.2, -0.15) is 0 Å². The van der Waals surface area contributed by atoms with Gasteiger partial charge in [-0.15, -0.1) is 0 Å². The Kier molecular flexibility index (Phi) is 2.53. The highest BCUT2D eigenvalue weighted by atomic mass is 127. The molecule has 0 atom stereocenters. The summed E-state index contributed by atoms with van der Waals surface area (Å²) in [5.74, 6) is 0.628. The molecule has 0 radical (unpaired) electrons. The van der Waals surface area contributed by atoms with E-state index in [9.17, 15) is 4.79 Å². The van der Waals surface area contributed by atoms with E-state index in [1.807, 2.05) is 12.1 Å². The molecule has 2 rings (SSSR count). The van der Waals surface area contributed by atoms with E-state index in [-0.39, 0.29) is 5.97 Å². The number of carbonyl (C=O) groups excluding carboxylic acids is 1. The molecule has 1 aliphatic heterocycles. The summed E-state index contributed by atoms with van der Waals surface area (Å²) in [6, 6.07) is 5.91. The first kappa shape index (κ1) is 8.99. The minimum atomic E-state index is -0.111. The molecule has 2 nitrogen and oxygen atoms in total. The zero-order chi connectivity index (χ0) is 9.26. The molecule has 3 heteroatoms. The molecule has 0 aliphatic carbocycles. The summed E-state index contributed by atoms with van der Waals surface area (Å²) in [7, 11) is 0. The molecule has 0 spiro atoms. The van der Waals surface area contributed by atoms with Gasteiger partial charge in [-0.3, -0.25) is 4.79 Å². The van der Waals surface area contributed by atoms with Gasteiger partial charge in [-0.25, -0.2) is 0 Å². The van der Waals surface area contributed by atoms with Crippen molar-refractivity contribution in [1.82, 2.24) is 0 Å². The SMILES string of the molecule is O=C1CCCc2cc(I)ccc2O1. The van der Waals surface area contributed by atoms with Crippen molar-refractivity contribution in [3.05, 3.63) is 27.3 Å². The maximum Gasteiger partial charge on any atom is 0.311 e. The Bertz CT molecular complexity index is 347. The summed E-state index contributed by atoms with van der Waals surface area (Å²) in [6.45, 7) is 0. The van der Waals surface area contributed by atoms with Crippen molar-refractivity contribution in [1.29, 1.82) is 0 Å². The number of hydrogen-bond acceptors (Lipinski definition) is 2. The number of ether oxygens (including phenoxy) is 1. The number of esters is 1. The lowest BCUT2D eigenvalue weighted by Crippen LogP contribution is -2.05. The van der Waals surface area contributed by atoms with E-state index < -0.39 is 0 Å². The van der Waals surface area contributed by atoms with Gasteiger partial charge < -0.3 is 4.74 Å². The first-order chi connectivity index (χ1) is 6.25. The summed E-state index contributed by atoms with van der Waals surface area (Å²) in [5.41, 5.74) is 1.15. The number of rotatable bonds is 0. The molecule has 13 heavy (non-hydrogen) atoms. The first-order valence-corrected chi connectivity index (χ1v) is 5.33. The fraction of sp³-hybridized carbons (Fsp3) is 0.300. The highest BCUT2D eigenvalue weighted by Crippen LogP contribution is 2.26. The number of hydrogen-bond donors (Lipinski definition) is 0. The third-order valence-electron chi connectivity index (χ3n) is 2.07. The van der Waals surface area contributed by atoms with E-state index >= 15 is 0 Å². The van der Waals surface area contributed by atoms with Crippen LogP contribution in [0.25, 0.3) is 0 Å². The monoisotopic (exact) mass is 288 g/mol. The largest absolute Gasteiger partial charge is 0.426 e. The Morgan fingerprint density at radius 1 is 1.31 bits per heavy atom. The Hall–Kier alpha value is -0.580. The molecule has 0 fully saturated rings. The molecule has 68 valence electrons. The van der Waals surface area contributed by atoms with Gasteiger partial charge in [0.2, 0.25) is 0 Å². The summed E-state index contributed by atoms with van der Waals surface area (Å²) in [4.78, 5) is 11.1. The van der Waals surface area contributed by atoms with E-state index in [0.29, 0.717) is 6.42 Å². The van der Waals surface area contributed by atoms with Gasteiger partial charge >= 0.3 is 5.97 Å². The quantitative estimate of drug-likeness (QED) is 0.416. The Labute approximate surface area is 90.4 Å². The average Bonchev–Trinajstić information content (AvgIpc) is 2.25. The molecule has 0 saturated heterocycles. The Morgan fingerprint density at radius 3 is 3.00 bits per heavy atom. The van der Waals surface area contributed by atoms with Crippen LogP contribution in [-0.4, -0.2) is 5.97 Å². The molecule has 0 bridgehead atoms.